The third kappa shape index (κ3) is 3.52. The van der Waals surface area contributed by atoms with Gasteiger partial charge in [-0.15, -0.1) is 11.3 Å². The van der Waals surface area contributed by atoms with E-state index in [-0.39, 0.29) is 5.92 Å². The van der Waals surface area contributed by atoms with Gasteiger partial charge in [0.25, 0.3) is 0 Å². The van der Waals surface area contributed by atoms with Gasteiger partial charge in [0, 0.05) is 32.0 Å². The Kier molecular flexibility index (Phi) is 5.54. The molecule has 1 nitrogen and oxygen atoms in total. The van der Waals surface area contributed by atoms with Crippen molar-refractivity contribution in [3.63, 3.8) is 0 Å². The molecule has 8 aromatic rings. The van der Waals surface area contributed by atoms with Gasteiger partial charge in [-0.2, -0.15) is 0 Å². The third-order valence-corrected chi connectivity index (χ3v) is 10.9. The number of rotatable bonds is 3. The fourth-order valence-electron chi connectivity index (χ4n) is 7.86. The van der Waals surface area contributed by atoms with E-state index in [9.17, 15) is 0 Å². The maximum Gasteiger partial charge on any atom is 0.0547 e. The Labute approximate surface area is 261 Å². The highest BCUT2D eigenvalue weighted by Gasteiger charge is 2.35. The smallest absolute Gasteiger partial charge is 0.0547 e. The van der Waals surface area contributed by atoms with Crippen LogP contribution in [0, 0.1) is 20.8 Å². The van der Waals surface area contributed by atoms with Gasteiger partial charge in [0.1, 0.15) is 0 Å². The summed E-state index contributed by atoms with van der Waals surface area (Å²) in [6, 6.07) is 47.3. The maximum absolute atomic E-state index is 2.51. The van der Waals surface area contributed by atoms with Gasteiger partial charge in [0.2, 0.25) is 0 Å². The molecule has 1 aliphatic carbocycles. The number of fused-ring (bicyclic) bond motifs is 7. The molecule has 2 heterocycles. The SMILES string of the molecule is Cc1ccccc1-c1ccc2c3ccccc3n(-c3ccc4c(c3C)C(c3c(C)sc5ccccc35)c3ccccc3-4)c2c1. The van der Waals surface area contributed by atoms with Crippen LogP contribution < -0.4 is 0 Å². The molecule has 1 unspecified atom stereocenters. The second kappa shape index (κ2) is 9.54. The summed E-state index contributed by atoms with van der Waals surface area (Å²) in [5, 5.41) is 3.96. The third-order valence-electron chi connectivity index (χ3n) is 9.82. The van der Waals surface area contributed by atoms with Gasteiger partial charge in [0.15, 0.2) is 0 Å². The van der Waals surface area contributed by atoms with Crippen LogP contribution in [-0.4, -0.2) is 4.57 Å². The summed E-state index contributed by atoms with van der Waals surface area (Å²) >= 11 is 1.92. The maximum atomic E-state index is 2.51. The van der Waals surface area contributed by atoms with Crippen LogP contribution in [-0.2, 0) is 0 Å². The molecule has 0 N–H and O–H groups in total. The summed E-state index contributed by atoms with van der Waals surface area (Å²) < 4.78 is 3.88. The molecule has 210 valence electrons. The highest BCUT2D eigenvalue weighted by atomic mass is 32.1. The van der Waals surface area contributed by atoms with E-state index in [1.807, 2.05) is 11.3 Å². The van der Waals surface area contributed by atoms with E-state index >= 15 is 0 Å². The average molecular weight is 582 g/mol. The van der Waals surface area contributed by atoms with Crippen molar-refractivity contribution in [1.82, 2.24) is 4.57 Å². The zero-order chi connectivity index (χ0) is 29.5. The van der Waals surface area contributed by atoms with Crippen molar-refractivity contribution in [2.75, 3.05) is 0 Å². The largest absolute Gasteiger partial charge is 0.309 e. The quantitative estimate of drug-likeness (QED) is 0.196. The van der Waals surface area contributed by atoms with Crippen LogP contribution in [0.5, 0.6) is 0 Å². The van der Waals surface area contributed by atoms with Crippen LogP contribution in [0.3, 0.4) is 0 Å². The van der Waals surface area contributed by atoms with Crippen LogP contribution in [0.15, 0.2) is 127 Å². The molecular formula is C42H31NS. The zero-order valence-electron chi connectivity index (χ0n) is 25.1. The topological polar surface area (TPSA) is 4.93 Å². The summed E-state index contributed by atoms with van der Waals surface area (Å²) in [6.07, 6.45) is 0. The van der Waals surface area contributed by atoms with Gasteiger partial charge in [-0.3, -0.25) is 0 Å². The second-order valence-corrected chi connectivity index (χ2v) is 13.4. The molecule has 1 aliphatic rings. The van der Waals surface area contributed by atoms with Crippen molar-refractivity contribution >= 4 is 43.2 Å². The lowest BCUT2D eigenvalue weighted by Crippen LogP contribution is -2.05. The minimum atomic E-state index is 0.202. The van der Waals surface area contributed by atoms with Crippen molar-refractivity contribution in [2.45, 2.75) is 26.7 Å². The monoisotopic (exact) mass is 581 g/mol. The Hall–Kier alpha value is -4.92. The molecule has 6 aromatic carbocycles. The fraction of sp³-hybridized carbons (Fsp3) is 0.0952. The Morgan fingerprint density at radius 1 is 0.545 bits per heavy atom. The number of benzene rings is 6. The second-order valence-electron chi connectivity index (χ2n) is 12.2. The molecule has 1 atom stereocenters. The van der Waals surface area contributed by atoms with Gasteiger partial charge in [0.05, 0.1) is 11.0 Å². The van der Waals surface area contributed by atoms with Gasteiger partial charge >= 0.3 is 0 Å². The lowest BCUT2D eigenvalue weighted by atomic mass is 9.85. The van der Waals surface area contributed by atoms with Crippen LogP contribution in [0.1, 0.15) is 38.6 Å². The van der Waals surface area contributed by atoms with Gasteiger partial charge in [-0.25, -0.2) is 0 Å². The number of aromatic nitrogens is 1. The summed E-state index contributed by atoms with van der Waals surface area (Å²) in [5.74, 6) is 0.202. The van der Waals surface area contributed by atoms with Crippen LogP contribution in [0.25, 0.3) is 59.8 Å². The van der Waals surface area contributed by atoms with E-state index in [2.05, 4.69) is 153 Å². The first-order chi connectivity index (χ1) is 21.6. The molecule has 2 heteroatoms. The van der Waals surface area contributed by atoms with Gasteiger partial charge in [-0.05, 0) is 100 Å². The van der Waals surface area contributed by atoms with Crippen LogP contribution in [0.2, 0.25) is 0 Å². The molecule has 2 aromatic heterocycles. The first kappa shape index (κ1) is 25.6. The van der Waals surface area contributed by atoms with Gasteiger partial charge in [-0.1, -0.05) is 103 Å². The Morgan fingerprint density at radius 2 is 1.25 bits per heavy atom. The lowest BCUT2D eigenvalue weighted by molar-refractivity contribution is 0.995. The van der Waals surface area contributed by atoms with Gasteiger partial charge < -0.3 is 4.57 Å². The summed E-state index contributed by atoms with van der Waals surface area (Å²) in [4.78, 5) is 1.41. The lowest BCUT2D eigenvalue weighted by Gasteiger charge is -2.21. The van der Waals surface area contributed by atoms with Crippen molar-refractivity contribution in [3.8, 4) is 27.9 Å². The molecule has 44 heavy (non-hydrogen) atoms. The molecular weight excluding hydrogens is 551 g/mol. The van der Waals surface area contributed by atoms with Crippen molar-refractivity contribution in [1.29, 1.82) is 0 Å². The van der Waals surface area contributed by atoms with E-state index in [0.29, 0.717) is 0 Å². The van der Waals surface area contributed by atoms with E-state index in [0.717, 1.165) is 0 Å². The fourth-order valence-corrected chi connectivity index (χ4v) is 8.96. The molecule has 9 rings (SSSR count). The summed E-state index contributed by atoms with van der Waals surface area (Å²) in [5.41, 5.74) is 16.0. The number of thiophene rings is 1. The molecule has 0 aliphatic heterocycles. The molecule has 0 radical (unpaired) electrons. The molecule has 0 saturated carbocycles. The predicted octanol–water partition coefficient (Wildman–Crippen LogP) is 11.8. The highest BCUT2D eigenvalue weighted by molar-refractivity contribution is 7.19. The normalized spacial score (nSPS) is 14.0. The Balaban J connectivity index is 1.35. The van der Waals surface area contributed by atoms with E-state index in [1.54, 1.807) is 0 Å². The molecule has 0 amide bonds. The van der Waals surface area contributed by atoms with E-state index in [1.165, 1.54) is 92.5 Å². The highest BCUT2D eigenvalue weighted by Crippen LogP contribution is 2.54. The Bertz CT molecular complexity index is 2440. The predicted molar refractivity (Wildman–Crippen MR) is 189 cm³/mol. The van der Waals surface area contributed by atoms with E-state index < -0.39 is 0 Å². The van der Waals surface area contributed by atoms with Crippen molar-refractivity contribution in [2.24, 2.45) is 0 Å². The number of hydrogen-bond acceptors (Lipinski definition) is 1. The molecule has 0 fully saturated rings. The standard InChI is InChI=1S/C42H31NS/c1-25-12-4-5-13-29(25)28-20-21-32-31-15-8-10-18-37(31)43(38(32)24-28)36-23-22-34-30-14-6-7-16-33(30)42(40(34)26(36)2)41-27(3)44-39-19-11-9-17-35(39)41/h4-24,42H,1-3H3. The van der Waals surface area contributed by atoms with E-state index in [4.69, 9.17) is 0 Å². The minimum absolute atomic E-state index is 0.202. The average Bonchev–Trinajstić information content (AvgIpc) is 3.68. The summed E-state index contributed by atoms with van der Waals surface area (Å²) in [7, 11) is 0. The van der Waals surface area contributed by atoms with Crippen LogP contribution >= 0.6 is 11.3 Å². The minimum Gasteiger partial charge on any atom is -0.309 e. The molecule has 0 saturated heterocycles. The van der Waals surface area contributed by atoms with Crippen molar-refractivity contribution < 1.29 is 0 Å². The molecule has 0 bridgehead atoms. The number of nitrogens with zero attached hydrogens (tertiary/aromatic N) is 1. The number of para-hydroxylation sites is 1. The molecule has 0 spiro atoms. The first-order valence-corrected chi connectivity index (χ1v) is 16.2. The van der Waals surface area contributed by atoms with Crippen molar-refractivity contribution in [3.05, 3.63) is 160 Å². The number of hydrogen-bond donors (Lipinski definition) is 0. The Morgan fingerprint density at radius 3 is 2.11 bits per heavy atom. The first-order valence-electron chi connectivity index (χ1n) is 15.4. The number of aryl methyl sites for hydroxylation is 2. The zero-order valence-corrected chi connectivity index (χ0v) is 25.9. The van der Waals surface area contributed by atoms with Crippen LogP contribution in [0.4, 0.5) is 0 Å². The summed E-state index contributed by atoms with van der Waals surface area (Å²) in [6.45, 7) is 6.86.